The number of H-pyrrole nitrogens is 1. The molecular weight excluding hydrogens is 200 g/mol. The van der Waals surface area contributed by atoms with Crippen molar-refractivity contribution in [2.24, 2.45) is 0 Å². The normalized spacial score (nSPS) is 19.1. The summed E-state index contributed by atoms with van der Waals surface area (Å²) >= 11 is 0. The van der Waals surface area contributed by atoms with Crippen molar-refractivity contribution in [2.75, 3.05) is 11.1 Å². The quantitative estimate of drug-likeness (QED) is 0.720. The van der Waals surface area contributed by atoms with Gasteiger partial charge in [0.05, 0.1) is 0 Å². The van der Waals surface area contributed by atoms with E-state index < -0.39 is 0 Å². The Bertz CT molecular complexity index is 324. The minimum absolute atomic E-state index is 0.547. The summed E-state index contributed by atoms with van der Waals surface area (Å²) in [6, 6.07) is 0.547. The predicted octanol–water partition coefficient (Wildman–Crippen LogP) is 2.83. The molecule has 0 atom stereocenters. The maximum Gasteiger partial charge on any atom is 0.168 e. The maximum atomic E-state index is 5.85. The number of nitrogen functional groups attached to an aromatic ring is 1. The van der Waals surface area contributed by atoms with Crippen LogP contribution in [0.2, 0.25) is 0 Å². The van der Waals surface area contributed by atoms with Gasteiger partial charge < -0.3 is 16.0 Å². The molecule has 90 valence electrons. The molecule has 0 aliphatic heterocycles. The van der Waals surface area contributed by atoms with Crippen LogP contribution in [0, 0.1) is 6.92 Å². The summed E-state index contributed by atoms with van der Waals surface area (Å²) in [6.07, 6.45) is 9.26. The number of hydrogen-bond donors (Lipinski definition) is 3. The molecule has 2 rings (SSSR count). The third-order valence-corrected chi connectivity index (χ3v) is 3.30. The smallest absolute Gasteiger partial charge is 0.168 e. The topological polar surface area (TPSA) is 66.7 Å². The highest BCUT2D eigenvalue weighted by Gasteiger charge is 2.13. The van der Waals surface area contributed by atoms with E-state index in [4.69, 9.17) is 5.73 Å². The van der Waals surface area contributed by atoms with Crippen molar-refractivity contribution in [3.8, 4) is 0 Å². The minimum atomic E-state index is 0.547. The van der Waals surface area contributed by atoms with Crippen molar-refractivity contribution in [3.63, 3.8) is 0 Å². The average molecular weight is 222 g/mol. The van der Waals surface area contributed by atoms with Gasteiger partial charge in [-0.15, -0.1) is 0 Å². The lowest BCUT2D eigenvalue weighted by atomic mass is 9.97. The van der Waals surface area contributed by atoms with Crippen LogP contribution in [0.5, 0.6) is 0 Å². The van der Waals surface area contributed by atoms with Crippen LogP contribution in [0.3, 0.4) is 0 Å². The van der Waals surface area contributed by atoms with Crippen LogP contribution in [0.1, 0.15) is 50.8 Å². The number of hydrogen-bond acceptors (Lipinski definition) is 3. The molecule has 0 amide bonds. The van der Waals surface area contributed by atoms with Crippen molar-refractivity contribution >= 4 is 11.6 Å². The molecule has 4 N–H and O–H groups in total. The molecule has 0 saturated heterocycles. The van der Waals surface area contributed by atoms with E-state index in [1.165, 1.54) is 44.9 Å². The monoisotopic (exact) mass is 222 g/mol. The molecule has 4 nitrogen and oxygen atoms in total. The number of nitrogens with zero attached hydrogens (tertiary/aromatic N) is 1. The molecule has 0 bridgehead atoms. The number of anilines is 2. The maximum absolute atomic E-state index is 5.85. The van der Waals surface area contributed by atoms with Gasteiger partial charge in [0.15, 0.2) is 5.82 Å². The van der Waals surface area contributed by atoms with Crippen LogP contribution in [0.4, 0.5) is 11.6 Å². The Morgan fingerprint density at radius 2 is 1.81 bits per heavy atom. The highest BCUT2D eigenvalue weighted by Crippen LogP contribution is 2.22. The number of aryl methyl sites for hydroxylation is 1. The molecule has 1 aliphatic rings. The summed E-state index contributed by atoms with van der Waals surface area (Å²) in [5, 5.41) is 3.47. The second-order valence-corrected chi connectivity index (χ2v) is 4.77. The first-order valence-corrected chi connectivity index (χ1v) is 6.34. The first-order chi connectivity index (χ1) is 7.75. The van der Waals surface area contributed by atoms with E-state index in [9.17, 15) is 0 Å². The van der Waals surface area contributed by atoms with E-state index in [1.54, 1.807) is 0 Å². The van der Waals surface area contributed by atoms with E-state index in [0.29, 0.717) is 11.9 Å². The first kappa shape index (κ1) is 11.3. The average Bonchev–Trinajstić information content (AvgIpc) is 2.49. The number of aromatic nitrogens is 2. The Kier molecular flexibility index (Phi) is 3.70. The summed E-state index contributed by atoms with van der Waals surface area (Å²) in [5.41, 5.74) is 5.85. The molecular formula is C12H22N4. The molecule has 0 aromatic carbocycles. The molecule has 0 unspecified atom stereocenters. The fourth-order valence-corrected chi connectivity index (χ4v) is 2.41. The summed E-state index contributed by atoms with van der Waals surface area (Å²) < 4.78 is 0. The van der Waals surface area contributed by atoms with Gasteiger partial charge in [0.1, 0.15) is 11.6 Å². The number of nitrogens with two attached hydrogens (primary N) is 1. The van der Waals surface area contributed by atoms with Gasteiger partial charge >= 0.3 is 0 Å². The van der Waals surface area contributed by atoms with Crippen LogP contribution in [-0.2, 0) is 0 Å². The molecule has 1 aromatic heterocycles. The molecule has 0 radical (unpaired) electrons. The number of nitrogens with one attached hydrogen (secondary N) is 2. The molecule has 1 saturated carbocycles. The number of aromatic amines is 1. The number of imidazole rings is 1. The zero-order chi connectivity index (χ0) is 11.4. The van der Waals surface area contributed by atoms with Crippen molar-refractivity contribution in [3.05, 3.63) is 5.82 Å². The zero-order valence-corrected chi connectivity index (χ0v) is 10.1. The lowest BCUT2D eigenvalue weighted by Crippen LogP contribution is -2.21. The zero-order valence-electron chi connectivity index (χ0n) is 10.1. The van der Waals surface area contributed by atoms with Gasteiger partial charge in [-0.3, -0.25) is 0 Å². The van der Waals surface area contributed by atoms with Gasteiger partial charge in [0, 0.05) is 6.04 Å². The van der Waals surface area contributed by atoms with Crippen LogP contribution in [0.15, 0.2) is 0 Å². The van der Waals surface area contributed by atoms with E-state index >= 15 is 0 Å². The molecule has 4 heteroatoms. The summed E-state index contributed by atoms with van der Waals surface area (Å²) in [7, 11) is 0. The van der Waals surface area contributed by atoms with Gasteiger partial charge in [-0.2, -0.15) is 0 Å². The van der Waals surface area contributed by atoms with Crippen LogP contribution in [-0.4, -0.2) is 16.0 Å². The predicted molar refractivity (Wildman–Crippen MR) is 67.5 cm³/mol. The lowest BCUT2D eigenvalue weighted by Gasteiger charge is -2.21. The van der Waals surface area contributed by atoms with Crippen molar-refractivity contribution in [2.45, 2.75) is 57.9 Å². The minimum Gasteiger partial charge on any atom is -0.382 e. The Morgan fingerprint density at radius 1 is 1.19 bits per heavy atom. The van der Waals surface area contributed by atoms with Crippen LogP contribution >= 0.6 is 0 Å². The van der Waals surface area contributed by atoms with Gasteiger partial charge in [0.25, 0.3) is 0 Å². The molecule has 1 aliphatic carbocycles. The van der Waals surface area contributed by atoms with Crippen LogP contribution < -0.4 is 11.1 Å². The first-order valence-electron chi connectivity index (χ1n) is 6.34. The van der Waals surface area contributed by atoms with E-state index in [2.05, 4.69) is 15.3 Å². The third-order valence-electron chi connectivity index (χ3n) is 3.30. The third kappa shape index (κ3) is 2.90. The Hall–Kier alpha value is -1.19. The van der Waals surface area contributed by atoms with Gasteiger partial charge in [-0.1, -0.05) is 32.1 Å². The largest absolute Gasteiger partial charge is 0.382 e. The second-order valence-electron chi connectivity index (χ2n) is 4.77. The van der Waals surface area contributed by atoms with Crippen LogP contribution in [0.25, 0.3) is 0 Å². The van der Waals surface area contributed by atoms with Crippen molar-refractivity contribution in [1.82, 2.24) is 9.97 Å². The van der Waals surface area contributed by atoms with Crippen molar-refractivity contribution < 1.29 is 0 Å². The summed E-state index contributed by atoms with van der Waals surface area (Å²) in [6.45, 7) is 1.93. The number of rotatable bonds is 2. The fraction of sp³-hybridized carbons (Fsp3) is 0.750. The highest BCUT2D eigenvalue weighted by atomic mass is 15.1. The Morgan fingerprint density at radius 3 is 2.38 bits per heavy atom. The summed E-state index contributed by atoms with van der Waals surface area (Å²) in [4.78, 5) is 7.40. The van der Waals surface area contributed by atoms with Gasteiger partial charge in [-0.05, 0) is 19.8 Å². The molecule has 0 spiro atoms. The van der Waals surface area contributed by atoms with Gasteiger partial charge in [0.2, 0.25) is 0 Å². The van der Waals surface area contributed by atoms with E-state index in [-0.39, 0.29) is 0 Å². The van der Waals surface area contributed by atoms with Gasteiger partial charge in [-0.25, -0.2) is 4.98 Å². The SMILES string of the molecule is Cc1nc(NC2CCCCCCC2)c(N)[nH]1. The summed E-state index contributed by atoms with van der Waals surface area (Å²) in [5.74, 6) is 2.38. The molecule has 1 heterocycles. The Balaban J connectivity index is 1.94. The Labute approximate surface area is 97.0 Å². The molecule has 16 heavy (non-hydrogen) atoms. The standard InChI is InChI=1S/C12H22N4/c1-9-14-11(13)12(15-9)16-10-7-5-3-2-4-6-8-10/h10,16H,2-8,13H2,1H3,(H,14,15). The molecule has 1 fully saturated rings. The van der Waals surface area contributed by atoms with E-state index in [1.807, 2.05) is 6.92 Å². The lowest BCUT2D eigenvalue weighted by molar-refractivity contribution is 0.471. The molecule has 1 aromatic rings. The highest BCUT2D eigenvalue weighted by molar-refractivity contribution is 5.57. The van der Waals surface area contributed by atoms with E-state index in [0.717, 1.165) is 11.6 Å². The van der Waals surface area contributed by atoms with Crippen molar-refractivity contribution in [1.29, 1.82) is 0 Å². The fourth-order valence-electron chi connectivity index (χ4n) is 2.41. The second kappa shape index (κ2) is 5.23.